The Labute approximate surface area is 138 Å². The Bertz CT molecular complexity index is 592. The highest BCUT2D eigenvalue weighted by Crippen LogP contribution is 2.19. The normalized spacial score (nSPS) is 19.8. The molecular weight excluding hydrogens is 290 g/mol. The molecule has 1 aromatic rings. The van der Waals surface area contributed by atoms with Crippen molar-refractivity contribution >= 4 is 5.91 Å². The summed E-state index contributed by atoms with van der Waals surface area (Å²) in [5.41, 5.74) is 1.51. The van der Waals surface area contributed by atoms with Crippen molar-refractivity contribution in [1.29, 1.82) is 0 Å². The maximum atomic E-state index is 12.4. The van der Waals surface area contributed by atoms with Gasteiger partial charge in [-0.1, -0.05) is 11.6 Å². The first-order valence-electron chi connectivity index (χ1n) is 8.73. The molecular formula is C17H27N5O. The summed E-state index contributed by atoms with van der Waals surface area (Å²) in [7, 11) is 0. The number of fused-ring (bicyclic) bond motifs is 1. The molecule has 2 heterocycles. The summed E-state index contributed by atoms with van der Waals surface area (Å²) in [5.74, 6) is 2.03. The second-order valence-corrected chi connectivity index (χ2v) is 6.61. The Morgan fingerprint density at radius 1 is 1.35 bits per heavy atom. The second-order valence-electron chi connectivity index (χ2n) is 6.61. The highest BCUT2D eigenvalue weighted by atomic mass is 16.2. The Hall–Kier alpha value is -1.69. The summed E-state index contributed by atoms with van der Waals surface area (Å²) < 4.78 is 2.14. The lowest BCUT2D eigenvalue weighted by molar-refractivity contribution is -0.126. The van der Waals surface area contributed by atoms with Gasteiger partial charge in [-0.15, -0.1) is 10.2 Å². The van der Waals surface area contributed by atoms with Crippen LogP contribution in [0.15, 0.2) is 11.6 Å². The molecule has 1 aromatic heterocycles. The van der Waals surface area contributed by atoms with Gasteiger partial charge in [0.15, 0.2) is 0 Å². The number of nitrogens with one attached hydrogen (secondary N) is 1. The zero-order valence-corrected chi connectivity index (χ0v) is 14.2. The van der Waals surface area contributed by atoms with Gasteiger partial charge in [0.1, 0.15) is 11.6 Å². The van der Waals surface area contributed by atoms with Crippen molar-refractivity contribution in [1.82, 2.24) is 25.0 Å². The molecule has 3 rings (SSSR count). The lowest BCUT2D eigenvalue weighted by Crippen LogP contribution is -2.48. The summed E-state index contributed by atoms with van der Waals surface area (Å²) in [6, 6.07) is -0.124. The third-order valence-corrected chi connectivity index (χ3v) is 5.03. The number of carbonyl (C=O) groups excluding carboxylic acids is 1. The minimum Gasteiger partial charge on any atom is -0.354 e. The molecule has 1 N–H and O–H groups in total. The van der Waals surface area contributed by atoms with Crippen LogP contribution < -0.4 is 5.32 Å². The van der Waals surface area contributed by atoms with E-state index in [0.29, 0.717) is 6.54 Å². The summed E-state index contributed by atoms with van der Waals surface area (Å²) in [6.07, 6.45) is 8.35. The van der Waals surface area contributed by atoms with Crippen molar-refractivity contribution in [2.45, 2.75) is 65.1 Å². The number of carbonyl (C=O) groups is 1. The summed E-state index contributed by atoms with van der Waals surface area (Å²) >= 11 is 0. The number of amides is 1. The largest absolute Gasteiger partial charge is 0.354 e. The first-order valence-corrected chi connectivity index (χ1v) is 8.73. The zero-order chi connectivity index (χ0) is 16.2. The molecule has 1 amide bonds. The van der Waals surface area contributed by atoms with Gasteiger partial charge in [0, 0.05) is 19.6 Å². The minimum atomic E-state index is -0.124. The van der Waals surface area contributed by atoms with E-state index in [0.717, 1.165) is 37.7 Å². The molecule has 0 bridgehead atoms. The number of hydrogen-bond donors (Lipinski definition) is 1. The van der Waals surface area contributed by atoms with Crippen molar-refractivity contribution in [2.75, 3.05) is 13.1 Å². The summed E-state index contributed by atoms with van der Waals surface area (Å²) in [6.45, 7) is 7.12. The molecule has 126 valence electrons. The average molecular weight is 317 g/mol. The molecule has 1 unspecified atom stereocenters. The van der Waals surface area contributed by atoms with Crippen LogP contribution in [-0.4, -0.2) is 44.7 Å². The quantitative estimate of drug-likeness (QED) is 0.841. The second kappa shape index (κ2) is 7.25. The Kier molecular flexibility index (Phi) is 5.10. The molecule has 1 aliphatic heterocycles. The van der Waals surface area contributed by atoms with Crippen molar-refractivity contribution in [3.8, 4) is 0 Å². The van der Waals surface area contributed by atoms with Crippen LogP contribution in [0.4, 0.5) is 0 Å². The number of rotatable bonds is 5. The molecule has 0 spiro atoms. The van der Waals surface area contributed by atoms with E-state index in [-0.39, 0.29) is 11.9 Å². The Morgan fingerprint density at radius 3 is 3.00 bits per heavy atom. The minimum absolute atomic E-state index is 0.117. The number of hydrogen-bond acceptors (Lipinski definition) is 4. The standard InChI is InChI=1S/C17H27N5O/c1-13(17(23)18-9-8-15-6-4-3-5-7-15)21-10-11-22-14(2)19-20-16(22)12-21/h6,13H,3-5,7-12H2,1-2H3,(H,18,23). The molecule has 0 saturated carbocycles. The molecule has 2 aliphatic rings. The van der Waals surface area contributed by atoms with Gasteiger partial charge in [0.25, 0.3) is 0 Å². The zero-order valence-electron chi connectivity index (χ0n) is 14.2. The van der Waals surface area contributed by atoms with Crippen LogP contribution in [0, 0.1) is 6.92 Å². The third-order valence-electron chi connectivity index (χ3n) is 5.03. The molecule has 6 heteroatoms. The monoisotopic (exact) mass is 317 g/mol. The van der Waals surface area contributed by atoms with Gasteiger partial charge in [0.2, 0.25) is 5.91 Å². The van der Waals surface area contributed by atoms with Crippen LogP contribution in [-0.2, 0) is 17.9 Å². The maximum Gasteiger partial charge on any atom is 0.237 e. The van der Waals surface area contributed by atoms with Crippen LogP contribution in [0.3, 0.4) is 0 Å². The first kappa shape index (κ1) is 16.2. The number of aryl methyl sites for hydroxylation is 1. The van der Waals surface area contributed by atoms with Crippen molar-refractivity contribution < 1.29 is 4.79 Å². The lowest BCUT2D eigenvalue weighted by Gasteiger charge is -2.31. The smallest absolute Gasteiger partial charge is 0.237 e. The van der Waals surface area contributed by atoms with Gasteiger partial charge >= 0.3 is 0 Å². The predicted molar refractivity (Wildman–Crippen MR) is 88.8 cm³/mol. The fourth-order valence-electron chi connectivity index (χ4n) is 3.44. The highest BCUT2D eigenvalue weighted by molar-refractivity contribution is 5.81. The van der Waals surface area contributed by atoms with Crippen LogP contribution in [0.1, 0.15) is 50.7 Å². The van der Waals surface area contributed by atoms with Crippen LogP contribution in [0.25, 0.3) is 0 Å². The molecule has 0 saturated heterocycles. The molecule has 6 nitrogen and oxygen atoms in total. The van der Waals surface area contributed by atoms with E-state index in [4.69, 9.17) is 0 Å². The van der Waals surface area contributed by atoms with E-state index < -0.39 is 0 Å². The first-order chi connectivity index (χ1) is 11.1. The van der Waals surface area contributed by atoms with Gasteiger partial charge in [-0.25, -0.2) is 0 Å². The highest BCUT2D eigenvalue weighted by Gasteiger charge is 2.27. The molecule has 0 radical (unpaired) electrons. The number of nitrogens with zero attached hydrogens (tertiary/aromatic N) is 4. The van der Waals surface area contributed by atoms with Gasteiger partial charge in [0.05, 0.1) is 12.6 Å². The van der Waals surface area contributed by atoms with Crippen LogP contribution >= 0.6 is 0 Å². The van der Waals surface area contributed by atoms with Gasteiger partial charge in [-0.05, 0) is 46.0 Å². The average Bonchev–Trinajstić information content (AvgIpc) is 2.95. The van der Waals surface area contributed by atoms with E-state index in [9.17, 15) is 4.79 Å². The molecule has 0 aromatic carbocycles. The van der Waals surface area contributed by atoms with Crippen LogP contribution in [0.5, 0.6) is 0 Å². The van der Waals surface area contributed by atoms with Gasteiger partial charge in [-0.2, -0.15) is 0 Å². The van der Waals surface area contributed by atoms with Crippen molar-refractivity contribution in [2.24, 2.45) is 0 Å². The fourth-order valence-corrected chi connectivity index (χ4v) is 3.44. The van der Waals surface area contributed by atoms with E-state index in [2.05, 4.69) is 31.1 Å². The molecule has 0 fully saturated rings. The van der Waals surface area contributed by atoms with Gasteiger partial charge in [-0.3, -0.25) is 9.69 Å². The van der Waals surface area contributed by atoms with Gasteiger partial charge < -0.3 is 9.88 Å². The number of allylic oxidation sites excluding steroid dienone is 1. The van der Waals surface area contributed by atoms with E-state index in [1.54, 1.807) is 0 Å². The van der Waals surface area contributed by atoms with Crippen molar-refractivity contribution in [3.63, 3.8) is 0 Å². The van der Waals surface area contributed by atoms with E-state index >= 15 is 0 Å². The predicted octanol–water partition coefficient (Wildman–Crippen LogP) is 1.80. The Balaban J connectivity index is 1.47. The van der Waals surface area contributed by atoms with E-state index in [1.165, 1.54) is 31.3 Å². The topological polar surface area (TPSA) is 63.1 Å². The van der Waals surface area contributed by atoms with E-state index in [1.807, 2.05) is 13.8 Å². The van der Waals surface area contributed by atoms with Crippen LogP contribution in [0.2, 0.25) is 0 Å². The maximum absolute atomic E-state index is 12.4. The molecule has 1 aliphatic carbocycles. The fraction of sp³-hybridized carbons (Fsp3) is 0.706. The SMILES string of the molecule is Cc1nnc2n1CCN(C(C)C(=O)NCCC1=CCCCC1)C2. The lowest BCUT2D eigenvalue weighted by atomic mass is 9.97. The molecule has 1 atom stereocenters. The summed E-state index contributed by atoms with van der Waals surface area (Å²) in [4.78, 5) is 14.6. The summed E-state index contributed by atoms with van der Waals surface area (Å²) in [5, 5.41) is 11.4. The Morgan fingerprint density at radius 2 is 2.22 bits per heavy atom. The molecule has 23 heavy (non-hydrogen) atoms. The van der Waals surface area contributed by atoms with Crippen molar-refractivity contribution in [3.05, 3.63) is 23.3 Å². The third kappa shape index (κ3) is 3.80. The number of aromatic nitrogens is 3.